The van der Waals surface area contributed by atoms with E-state index in [9.17, 15) is 9.90 Å². The predicted molar refractivity (Wildman–Crippen MR) is 108 cm³/mol. The Balaban J connectivity index is 2.01. The molecule has 5 heteroatoms. The van der Waals surface area contributed by atoms with Crippen molar-refractivity contribution >= 4 is 45.0 Å². The zero-order chi connectivity index (χ0) is 18.5. The molecule has 0 unspecified atom stereocenters. The topological polar surface area (TPSA) is 59.4 Å². The van der Waals surface area contributed by atoms with Gasteiger partial charge in [0.2, 0.25) is 0 Å². The van der Waals surface area contributed by atoms with Crippen LogP contribution >= 0.6 is 15.9 Å². The molecule has 26 heavy (non-hydrogen) atoms. The Morgan fingerprint density at radius 1 is 1.19 bits per heavy atom. The van der Waals surface area contributed by atoms with Crippen LogP contribution in [0.3, 0.4) is 0 Å². The molecular weight excluding hydrogens is 394 g/mol. The van der Waals surface area contributed by atoms with E-state index in [0.717, 1.165) is 22.2 Å². The maximum Gasteiger partial charge on any atom is 0.336 e. The second kappa shape index (κ2) is 8.15. The molecule has 2 aromatic carbocycles. The summed E-state index contributed by atoms with van der Waals surface area (Å²) in [6.45, 7) is 2.70. The number of ether oxygens (including phenoxy) is 1. The summed E-state index contributed by atoms with van der Waals surface area (Å²) in [7, 11) is 0. The number of hydrogen-bond donors (Lipinski definition) is 1. The summed E-state index contributed by atoms with van der Waals surface area (Å²) < 4.78 is 6.72. The number of benzene rings is 2. The van der Waals surface area contributed by atoms with Gasteiger partial charge in [0, 0.05) is 15.4 Å². The van der Waals surface area contributed by atoms with Gasteiger partial charge in [-0.3, -0.25) is 0 Å². The summed E-state index contributed by atoms with van der Waals surface area (Å²) in [5.74, 6) is -0.182. The van der Waals surface area contributed by atoms with Crippen LogP contribution < -0.4 is 4.74 Å². The van der Waals surface area contributed by atoms with Gasteiger partial charge in [-0.25, -0.2) is 9.78 Å². The maximum absolute atomic E-state index is 11.6. The number of halogens is 1. The lowest BCUT2D eigenvalue weighted by atomic mass is 10.1. The van der Waals surface area contributed by atoms with E-state index in [0.29, 0.717) is 23.2 Å². The monoisotopic (exact) mass is 411 g/mol. The van der Waals surface area contributed by atoms with Crippen molar-refractivity contribution in [1.29, 1.82) is 0 Å². The van der Waals surface area contributed by atoms with Crippen molar-refractivity contribution < 1.29 is 14.6 Å². The smallest absolute Gasteiger partial charge is 0.336 e. The number of para-hydroxylation sites is 1. The molecule has 0 spiro atoms. The van der Waals surface area contributed by atoms with E-state index in [1.54, 1.807) is 18.2 Å². The minimum absolute atomic E-state index is 0.243. The third kappa shape index (κ3) is 4.11. The van der Waals surface area contributed by atoms with E-state index in [2.05, 4.69) is 27.8 Å². The predicted octanol–water partition coefficient (Wildman–Crippen LogP) is 5.65. The maximum atomic E-state index is 11.6. The number of fused-ring (bicyclic) bond motifs is 1. The van der Waals surface area contributed by atoms with Crippen LogP contribution in [0.1, 0.15) is 35.0 Å². The van der Waals surface area contributed by atoms with Crippen LogP contribution in [-0.4, -0.2) is 22.7 Å². The van der Waals surface area contributed by atoms with Crippen molar-refractivity contribution in [1.82, 2.24) is 4.98 Å². The van der Waals surface area contributed by atoms with Gasteiger partial charge in [0.05, 0.1) is 23.4 Å². The van der Waals surface area contributed by atoms with E-state index >= 15 is 0 Å². The molecule has 1 N–H and O–H groups in total. The van der Waals surface area contributed by atoms with Crippen molar-refractivity contribution in [3.63, 3.8) is 0 Å². The highest BCUT2D eigenvalue weighted by molar-refractivity contribution is 9.10. The molecule has 1 heterocycles. The molecule has 0 aliphatic heterocycles. The molecule has 3 aromatic rings. The fourth-order valence-corrected chi connectivity index (χ4v) is 3.01. The van der Waals surface area contributed by atoms with Crippen LogP contribution in [0.5, 0.6) is 5.75 Å². The Bertz CT molecular complexity index is 982. The Labute approximate surface area is 160 Å². The van der Waals surface area contributed by atoms with Crippen LogP contribution in [0.15, 0.2) is 53.0 Å². The lowest BCUT2D eigenvalue weighted by Gasteiger charge is -2.09. The Morgan fingerprint density at radius 3 is 2.77 bits per heavy atom. The quantitative estimate of drug-likeness (QED) is 0.568. The highest BCUT2D eigenvalue weighted by Crippen LogP contribution is 2.26. The first kappa shape index (κ1) is 18.1. The average molecular weight is 412 g/mol. The van der Waals surface area contributed by atoms with Crippen LogP contribution in [0.25, 0.3) is 23.1 Å². The summed E-state index contributed by atoms with van der Waals surface area (Å²) in [5.41, 5.74) is 2.39. The Morgan fingerprint density at radius 2 is 2.00 bits per heavy atom. The minimum Gasteiger partial charge on any atom is -0.493 e. The Kier molecular flexibility index (Phi) is 5.68. The van der Waals surface area contributed by atoms with Crippen molar-refractivity contribution in [2.75, 3.05) is 6.61 Å². The van der Waals surface area contributed by atoms with Gasteiger partial charge in [-0.05, 0) is 48.9 Å². The van der Waals surface area contributed by atoms with E-state index in [1.807, 2.05) is 42.5 Å². The highest BCUT2D eigenvalue weighted by Gasteiger charge is 2.10. The molecule has 0 aliphatic carbocycles. The fourth-order valence-electron chi connectivity index (χ4n) is 2.63. The van der Waals surface area contributed by atoms with Crippen molar-refractivity contribution in [2.45, 2.75) is 13.3 Å². The summed E-state index contributed by atoms with van der Waals surface area (Å²) in [6, 6.07) is 14.6. The second-order valence-electron chi connectivity index (χ2n) is 5.78. The lowest BCUT2D eigenvalue weighted by molar-refractivity contribution is 0.0699. The third-order valence-corrected chi connectivity index (χ3v) is 4.33. The zero-order valence-electron chi connectivity index (χ0n) is 14.3. The van der Waals surface area contributed by atoms with Crippen LogP contribution in [0, 0.1) is 0 Å². The van der Waals surface area contributed by atoms with Crippen molar-refractivity contribution in [3.8, 4) is 5.75 Å². The number of carbonyl (C=O) groups is 1. The molecule has 1 aromatic heterocycles. The first-order valence-corrected chi connectivity index (χ1v) is 9.11. The molecule has 0 bridgehead atoms. The standard InChI is InChI=1S/C21H18BrNO3/c1-2-11-26-20-10-8-15(22)12-14(20)7-9-16-13-18(21(24)25)17-5-3-4-6-19(17)23-16/h3-10,12-13H,2,11H2,1H3,(H,24,25)/b9-7+. The first-order chi connectivity index (χ1) is 12.6. The van der Waals surface area contributed by atoms with Gasteiger partial charge in [0.15, 0.2) is 0 Å². The number of nitrogens with zero attached hydrogens (tertiary/aromatic N) is 1. The van der Waals surface area contributed by atoms with Crippen LogP contribution in [0.4, 0.5) is 0 Å². The number of aromatic carboxylic acids is 1. The average Bonchev–Trinajstić information content (AvgIpc) is 2.64. The molecule has 132 valence electrons. The van der Waals surface area contributed by atoms with E-state index in [1.165, 1.54) is 0 Å². The third-order valence-electron chi connectivity index (χ3n) is 3.83. The molecule has 0 saturated heterocycles. The largest absolute Gasteiger partial charge is 0.493 e. The van der Waals surface area contributed by atoms with Gasteiger partial charge in [0.25, 0.3) is 0 Å². The molecule has 0 radical (unpaired) electrons. The molecule has 3 rings (SSSR count). The van der Waals surface area contributed by atoms with Gasteiger partial charge in [-0.2, -0.15) is 0 Å². The van der Waals surface area contributed by atoms with Crippen LogP contribution in [0.2, 0.25) is 0 Å². The number of rotatable bonds is 6. The van der Waals surface area contributed by atoms with Gasteiger partial charge >= 0.3 is 5.97 Å². The van der Waals surface area contributed by atoms with Gasteiger partial charge in [-0.1, -0.05) is 41.1 Å². The minimum atomic E-state index is -0.965. The lowest BCUT2D eigenvalue weighted by Crippen LogP contribution is -2.00. The molecule has 4 nitrogen and oxygen atoms in total. The number of hydrogen-bond acceptors (Lipinski definition) is 3. The first-order valence-electron chi connectivity index (χ1n) is 8.32. The fraction of sp³-hybridized carbons (Fsp3) is 0.143. The summed E-state index contributed by atoms with van der Waals surface area (Å²) >= 11 is 3.47. The normalized spacial score (nSPS) is 11.2. The van der Waals surface area contributed by atoms with Crippen molar-refractivity contribution in [2.24, 2.45) is 0 Å². The van der Waals surface area contributed by atoms with E-state index in [4.69, 9.17) is 4.74 Å². The van der Waals surface area contributed by atoms with Crippen molar-refractivity contribution in [3.05, 3.63) is 69.8 Å². The highest BCUT2D eigenvalue weighted by atomic mass is 79.9. The zero-order valence-corrected chi connectivity index (χ0v) is 15.9. The molecule has 0 atom stereocenters. The van der Waals surface area contributed by atoms with Gasteiger partial charge in [0.1, 0.15) is 5.75 Å². The number of aromatic nitrogens is 1. The molecule has 0 fully saturated rings. The summed E-state index contributed by atoms with van der Waals surface area (Å²) in [4.78, 5) is 16.1. The molecular formula is C21H18BrNO3. The van der Waals surface area contributed by atoms with Gasteiger partial charge < -0.3 is 9.84 Å². The van der Waals surface area contributed by atoms with E-state index < -0.39 is 5.97 Å². The van der Waals surface area contributed by atoms with Crippen LogP contribution in [-0.2, 0) is 0 Å². The summed E-state index contributed by atoms with van der Waals surface area (Å²) in [6.07, 6.45) is 4.62. The second-order valence-corrected chi connectivity index (χ2v) is 6.70. The Hall–Kier alpha value is -2.66. The molecule has 0 saturated carbocycles. The van der Waals surface area contributed by atoms with Gasteiger partial charge in [-0.15, -0.1) is 0 Å². The number of carboxylic acids is 1. The number of pyridine rings is 1. The number of carboxylic acid groups (broad SMARTS) is 1. The van der Waals surface area contributed by atoms with E-state index in [-0.39, 0.29) is 5.56 Å². The summed E-state index contributed by atoms with van der Waals surface area (Å²) in [5, 5.41) is 10.1. The SMILES string of the molecule is CCCOc1ccc(Br)cc1/C=C/c1cc(C(=O)O)c2ccccc2n1. The molecule has 0 aliphatic rings. The molecule has 0 amide bonds.